The molecular formula is C17H22N2. The molecule has 2 nitrogen and oxygen atoms in total. The molecule has 2 heterocycles. The number of aromatic nitrogens is 1. The fraction of sp³-hybridized carbons (Fsp3) is 0.471. The predicted molar refractivity (Wildman–Crippen MR) is 80.7 cm³/mol. The predicted octanol–water partition coefficient (Wildman–Crippen LogP) is 3.66. The van der Waals surface area contributed by atoms with Crippen LogP contribution in [0.4, 0.5) is 0 Å². The van der Waals surface area contributed by atoms with Crippen LogP contribution in [0.3, 0.4) is 0 Å². The highest BCUT2D eigenvalue weighted by Crippen LogP contribution is 2.33. The number of likely N-dealkylation sites (N-methyl/N-ethyl adjacent to an activating group) is 1. The van der Waals surface area contributed by atoms with Gasteiger partial charge in [0, 0.05) is 18.1 Å². The van der Waals surface area contributed by atoms with Gasteiger partial charge in [-0.05, 0) is 69.0 Å². The number of piperidine rings is 1. The van der Waals surface area contributed by atoms with Crippen LogP contribution in [0.15, 0.2) is 24.4 Å². The molecule has 1 aromatic heterocycles. The van der Waals surface area contributed by atoms with Gasteiger partial charge in [0.25, 0.3) is 0 Å². The van der Waals surface area contributed by atoms with E-state index in [1.54, 1.807) is 0 Å². The molecular weight excluding hydrogens is 232 g/mol. The molecule has 0 bridgehead atoms. The van der Waals surface area contributed by atoms with Crippen molar-refractivity contribution in [2.45, 2.75) is 32.6 Å². The molecule has 0 aliphatic carbocycles. The second kappa shape index (κ2) is 4.93. The second-order valence-electron chi connectivity index (χ2n) is 5.98. The van der Waals surface area contributed by atoms with Crippen molar-refractivity contribution in [1.82, 2.24) is 9.88 Å². The van der Waals surface area contributed by atoms with Gasteiger partial charge in [-0.3, -0.25) is 4.98 Å². The lowest BCUT2D eigenvalue weighted by atomic mass is 9.86. The quantitative estimate of drug-likeness (QED) is 0.772. The van der Waals surface area contributed by atoms with Crippen molar-refractivity contribution in [3.8, 4) is 0 Å². The molecule has 2 aromatic rings. The Morgan fingerprint density at radius 3 is 2.89 bits per heavy atom. The Morgan fingerprint density at radius 1 is 1.26 bits per heavy atom. The lowest BCUT2D eigenvalue weighted by Crippen LogP contribution is -2.31. The molecule has 0 amide bonds. The zero-order valence-corrected chi connectivity index (χ0v) is 12.1. The number of likely N-dealkylation sites (tertiary alicyclic amines) is 1. The summed E-state index contributed by atoms with van der Waals surface area (Å²) in [5.41, 5.74) is 5.32. The third-order valence-corrected chi connectivity index (χ3v) is 4.28. The van der Waals surface area contributed by atoms with Gasteiger partial charge in [0.1, 0.15) is 0 Å². The number of fused-ring (bicyclic) bond motifs is 1. The topological polar surface area (TPSA) is 16.1 Å². The van der Waals surface area contributed by atoms with Crippen LogP contribution in [-0.4, -0.2) is 30.0 Å². The number of pyridine rings is 1. The molecule has 0 N–H and O–H groups in total. The smallest absolute Gasteiger partial charge is 0.0740 e. The van der Waals surface area contributed by atoms with E-state index in [4.69, 9.17) is 4.98 Å². The third-order valence-electron chi connectivity index (χ3n) is 4.28. The molecule has 1 aliphatic heterocycles. The number of nitrogens with zero attached hydrogens (tertiary/aromatic N) is 2. The minimum Gasteiger partial charge on any atom is -0.306 e. The SMILES string of the molecule is Cc1cnc2c(C3CCCN(C)C3)c(C)ccc2c1. The van der Waals surface area contributed by atoms with E-state index in [1.807, 2.05) is 6.20 Å². The van der Waals surface area contributed by atoms with Crippen molar-refractivity contribution in [3.05, 3.63) is 41.1 Å². The summed E-state index contributed by atoms with van der Waals surface area (Å²) in [5, 5.41) is 1.29. The second-order valence-corrected chi connectivity index (χ2v) is 5.98. The molecule has 1 fully saturated rings. The van der Waals surface area contributed by atoms with Crippen molar-refractivity contribution < 1.29 is 0 Å². The standard InChI is InChI=1S/C17H22N2/c1-12-9-14-7-6-13(2)16(17(14)18-10-12)15-5-4-8-19(3)11-15/h6-7,9-10,15H,4-5,8,11H2,1-3H3. The van der Waals surface area contributed by atoms with E-state index in [0.717, 1.165) is 6.54 Å². The summed E-state index contributed by atoms with van der Waals surface area (Å²) in [4.78, 5) is 7.17. The number of hydrogen-bond acceptors (Lipinski definition) is 2. The molecule has 1 atom stereocenters. The van der Waals surface area contributed by atoms with Crippen LogP contribution in [-0.2, 0) is 0 Å². The highest BCUT2D eigenvalue weighted by molar-refractivity contribution is 5.84. The zero-order chi connectivity index (χ0) is 13.4. The molecule has 1 unspecified atom stereocenters. The summed E-state index contributed by atoms with van der Waals surface area (Å²) in [6.07, 6.45) is 4.58. The first-order valence-corrected chi connectivity index (χ1v) is 7.19. The van der Waals surface area contributed by atoms with Gasteiger partial charge in [-0.1, -0.05) is 12.1 Å². The van der Waals surface area contributed by atoms with Crippen LogP contribution < -0.4 is 0 Å². The highest BCUT2D eigenvalue weighted by Gasteiger charge is 2.22. The maximum Gasteiger partial charge on any atom is 0.0740 e. The minimum atomic E-state index is 0.637. The minimum absolute atomic E-state index is 0.637. The molecule has 3 rings (SSSR count). The van der Waals surface area contributed by atoms with Gasteiger partial charge >= 0.3 is 0 Å². The normalized spacial score (nSPS) is 20.9. The maximum absolute atomic E-state index is 4.72. The van der Waals surface area contributed by atoms with Crippen molar-refractivity contribution in [1.29, 1.82) is 0 Å². The lowest BCUT2D eigenvalue weighted by molar-refractivity contribution is 0.251. The fourth-order valence-electron chi connectivity index (χ4n) is 3.35. The van der Waals surface area contributed by atoms with Crippen molar-refractivity contribution in [2.75, 3.05) is 20.1 Å². The molecule has 0 saturated carbocycles. The van der Waals surface area contributed by atoms with Gasteiger partial charge in [-0.15, -0.1) is 0 Å². The van der Waals surface area contributed by atoms with Gasteiger partial charge < -0.3 is 4.90 Å². The molecule has 0 radical (unpaired) electrons. The van der Waals surface area contributed by atoms with Gasteiger partial charge in [-0.2, -0.15) is 0 Å². The third kappa shape index (κ3) is 2.37. The summed E-state index contributed by atoms with van der Waals surface area (Å²) >= 11 is 0. The van der Waals surface area contributed by atoms with Crippen LogP contribution in [0.5, 0.6) is 0 Å². The van der Waals surface area contributed by atoms with Crippen molar-refractivity contribution >= 4 is 10.9 Å². The van der Waals surface area contributed by atoms with E-state index < -0.39 is 0 Å². The summed E-state index contributed by atoms with van der Waals surface area (Å²) in [5.74, 6) is 0.637. The van der Waals surface area contributed by atoms with Gasteiger partial charge in [-0.25, -0.2) is 0 Å². The van der Waals surface area contributed by atoms with E-state index in [2.05, 4.69) is 44.0 Å². The van der Waals surface area contributed by atoms with E-state index in [1.165, 1.54) is 47.0 Å². The fourth-order valence-corrected chi connectivity index (χ4v) is 3.35. The van der Waals surface area contributed by atoms with E-state index in [0.29, 0.717) is 5.92 Å². The van der Waals surface area contributed by atoms with Crippen molar-refractivity contribution in [2.24, 2.45) is 0 Å². The number of benzene rings is 1. The van der Waals surface area contributed by atoms with Gasteiger partial charge in [0.15, 0.2) is 0 Å². The van der Waals surface area contributed by atoms with Crippen LogP contribution in [0.25, 0.3) is 10.9 Å². The zero-order valence-electron chi connectivity index (χ0n) is 12.1. The van der Waals surface area contributed by atoms with Crippen molar-refractivity contribution in [3.63, 3.8) is 0 Å². The van der Waals surface area contributed by atoms with Crippen LogP contribution in [0.2, 0.25) is 0 Å². The largest absolute Gasteiger partial charge is 0.306 e. The van der Waals surface area contributed by atoms with Crippen LogP contribution in [0, 0.1) is 13.8 Å². The Hall–Kier alpha value is -1.41. The summed E-state index contributed by atoms with van der Waals surface area (Å²) in [6.45, 7) is 6.73. The van der Waals surface area contributed by atoms with Gasteiger partial charge in [0.2, 0.25) is 0 Å². The van der Waals surface area contributed by atoms with E-state index in [-0.39, 0.29) is 0 Å². The molecule has 1 aromatic carbocycles. The average Bonchev–Trinajstić information content (AvgIpc) is 2.39. The molecule has 19 heavy (non-hydrogen) atoms. The monoisotopic (exact) mass is 254 g/mol. The first-order valence-electron chi connectivity index (χ1n) is 7.19. The van der Waals surface area contributed by atoms with Gasteiger partial charge in [0.05, 0.1) is 5.52 Å². The van der Waals surface area contributed by atoms with E-state index >= 15 is 0 Å². The Labute approximate surface area is 115 Å². The summed E-state index contributed by atoms with van der Waals surface area (Å²) < 4.78 is 0. The Morgan fingerprint density at radius 2 is 2.11 bits per heavy atom. The Kier molecular flexibility index (Phi) is 3.28. The molecule has 1 aliphatic rings. The summed E-state index contributed by atoms with van der Waals surface area (Å²) in [7, 11) is 2.23. The summed E-state index contributed by atoms with van der Waals surface area (Å²) in [6, 6.07) is 6.71. The Bertz CT molecular complexity index is 603. The van der Waals surface area contributed by atoms with Crippen LogP contribution in [0.1, 0.15) is 35.4 Å². The Balaban J connectivity index is 2.13. The molecule has 2 heteroatoms. The number of aryl methyl sites for hydroxylation is 2. The number of rotatable bonds is 1. The first kappa shape index (κ1) is 12.6. The van der Waals surface area contributed by atoms with Crippen LogP contribution >= 0.6 is 0 Å². The average molecular weight is 254 g/mol. The first-order chi connectivity index (χ1) is 9.15. The molecule has 0 spiro atoms. The van der Waals surface area contributed by atoms with E-state index in [9.17, 15) is 0 Å². The number of hydrogen-bond donors (Lipinski definition) is 0. The maximum atomic E-state index is 4.72. The molecule has 1 saturated heterocycles. The lowest BCUT2D eigenvalue weighted by Gasteiger charge is -2.31. The molecule has 100 valence electrons. The highest BCUT2D eigenvalue weighted by atomic mass is 15.1.